The van der Waals surface area contributed by atoms with Gasteiger partial charge in [-0.2, -0.15) is 0 Å². The average Bonchev–Trinajstić information content (AvgIpc) is 2.47. The van der Waals surface area contributed by atoms with E-state index in [4.69, 9.17) is 11.6 Å². The van der Waals surface area contributed by atoms with Gasteiger partial charge in [-0.25, -0.2) is 0 Å². The summed E-state index contributed by atoms with van der Waals surface area (Å²) in [6, 6.07) is 7.92. The molecule has 1 N–H and O–H groups in total. The summed E-state index contributed by atoms with van der Waals surface area (Å²) in [6.45, 7) is 5.76. The maximum atomic E-state index is 12.1. The molecule has 3 nitrogen and oxygen atoms in total. The van der Waals surface area contributed by atoms with E-state index in [0.717, 1.165) is 56.4 Å². The molecule has 1 saturated heterocycles. The number of hydrogen-bond donors (Lipinski definition) is 1. The van der Waals surface area contributed by atoms with E-state index >= 15 is 0 Å². The predicted octanol–water partition coefficient (Wildman–Crippen LogP) is 3.12. The van der Waals surface area contributed by atoms with Crippen molar-refractivity contribution in [2.24, 2.45) is 5.92 Å². The average molecular weight is 309 g/mol. The van der Waals surface area contributed by atoms with Crippen molar-refractivity contribution in [1.29, 1.82) is 0 Å². The van der Waals surface area contributed by atoms with Crippen LogP contribution in [0.4, 0.5) is 0 Å². The van der Waals surface area contributed by atoms with Crippen LogP contribution in [0.2, 0.25) is 5.02 Å². The molecule has 1 heterocycles. The summed E-state index contributed by atoms with van der Waals surface area (Å²) in [7, 11) is 0. The van der Waals surface area contributed by atoms with E-state index in [0.29, 0.717) is 6.42 Å². The second-order valence-corrected chi connectivity index (χ2v) is 6.38. The van der Waals surface area contributed by atoms with Crippen LogP contribution in [-0.4, -0.2) is 37.0 Å². The summed E-state index contributed by atoms with van der Waals surface area (Å²) in [5.41, 5.74) is 1.23. The van der Waals surface area contributed by atoms with Gasteiger partial charge in [-0.1, -0.05) is 30.7 Å². The zero-order valence-corrected chi connectivity index (χ0v) is 13.5. The van der Waals surface area contributed by atoms with Gasteiger partial charge in [0.2, 0.25) is 5.91 Å². The van der Waals surface area contributed by atoms with Gasteiger partial charge in [0.05, 0.1) is 0 Å². The molecular formula is C17H25ClN2O. The van der Waals surface area contributed by atoms with Gasteiger partial charge in [0, 0.05) is 31.1 Å². The maximum absolute atomic E-state index is 12.1. The van der Waals surface area contributed by atoms with Crippen molar-refractivity contribution < 1.29 is 4.79 Å². The highest BCUT2D eigenvalue weighted by Crippen LogP contribution is 2.16. The highest BCUT2D eigenvalue weighted by atomic mass is 35.5. The number of nitrogens with one attached hydrogen (secondary N) is 1. The number of carbonyl (C=O) groups is 1. The summed E-state index contributed by atoms with van der Waals surface area (Å²) < 4.78 is 0. The molecule has 116 valence electrons. The fourth-order valence-electron chi connectivity index (χ4n) is 2.66. The number of rotatable bonds is 6. The summed E-state index contributed by atoms with van der Waals surface area (Å²) in [4.78, 5) is 14.1. The number of carbonyl (C=O) groups excluding carboxylic acids is 1. The largest absolute Gasteiger partial charge is 0.343 e. The molecule has 0 atom stereocenters. The van der Waals surface area contributed by atoms with E-state index in [-0.39, 0.29) is 5.91 Å². The molecule has 4 heteroatoms. The van der Waals surface area contributed by atoms with Gasteiger partial charge in [-0.05, 0) is 49.4 Å². The molecule has 0 radical (unpaired) electrons. The van der Waals surface area contributed by atoms with Crippen LogP contribution in [-0.2, 0) is 11.2 Å². The van der Waals surface area contributed by atoms with E-state index in [1.807, 2.05) is 23.1 Å². The van der Waals surface area contributed by atoms with E-state index in [1.165, 1.54) is 5.56 Å². The van der Waals surface area contributed by atoms with Gasteiger partial charge in [0.15, 0.2) is 0 Å². The minimum atomic E-state index is 0.289. The third kappa shape index (κ3) is 5.68. The van der Waals surface area contributed by atoms with Crippen LogP contribution in [0.3, 0.4) is 0 Å². The normalized spacial score (nSPS) is 16.2. The molecule has 1 aromatic rings. The Morgan fingerprint density at radius 1 is 1.33 bits per heavy atom. The number of halogens is 1. The third-order valence-corrected chi connectivity index (χ3v) is 4.37. The number of benzene rings is 1. The summed E-state index contributed by atoms with van der Waals surface area (Å²) >= 11 is 5.95. The van der Waals surface area contributed by atoms with Crippen LogP contribution in [0.1, 0.15) is 31.7 Å². The van der Waals surface area contributed by atoms with E-state index in [2.05, 4.69) is 18.3 Å². The highest BCUT2D eigenvalue weighted by molar-refractivity contribution is 6.30. The van der Waals surface area contributed by atoms with Crippen LogP contribution in [0, 0.1) is 5.92 Å². The lowest BCUT2D eigenvalue weighted by molar-refractivity contribution is -0.132. The van der Waals surface area contributed by atoms with E-state index in [9.17, 15) is 4.79 Å². The third-order valence-electron chi connectivity index (χ3n) is 4.13. The number of nitrogens with zero attached hydrogens (tertiary/aromatic N) is 1. The lowest BCUT2D eigenvalue weighted by Gasteiger charge is -2.30. The Bertz CT molecular complexity index is 456. The van der Waals surface area contributed by atoms with E-state index in [1.54, 1.807) is 0 Å². The van der Waals surface area contributed by atoms with Gasteiger partial charge in [-0.3, -0.25) is 4.79 Å². The topological polar surface area (TPSA) is 32.3 Å². The van der Waals surface area contributed by atoms with Crippen molar-refractivity contribution in [3.63, 3.8) is 0 Å². The van der Waals surface area contributed by atoms with Crippen LogP contribution in [0.15, 0.2) is 24.3 Å². The summed E-state index contributed by atoms with van der Waals surface area (Å²) in [5, 5.41) is 4.12. The van der Waals surface area contributed by atoms with Gasteiger partial charge in [0.25, 0.3) is 0 Å². The highest BCUT2D eigenvalue weighted by Gasteiger charge is 2.19. The second kappa shape index (κ2) is 8.40. The van der Waals surface area contributed by atoms with Crippen molar-refractivity contribution in [2.45, 2.75) is 32.6 Å². The monoisotopic (exact) mass is 308 g/mol. The van der Waals surface area contributed by atoms with Crippen LogP contribution < -0.4 is 5.32 Å². The predicted molar refractivity (Wildman–Crippen MR) is 87.6 cm³/mol. The van der Waals surface area contributed by atoms with Gasteiger partial charge in [0.1, 0.15) is 0 Å². The first kappa shape index (κ1) is 16.3. The lowest BCUT2D eigenvalue weighted by Crippen LogP contribution is -2.39. The first-order valence-corrected chi connectivity index (χ1v) is 8.26. The Hall–Kier alpha value is -1.06. The molecule has 21 heavy (non-hydrogen) atoms. The Kier molecular flexibility index (Phi) is 6.52. The molecule has 0 aromatic heterocycles. The van der Waals surface area contributed by atoms with E-state index < -0.39 is 0 Å². The smallest absolute Gasteiger partial charge is 0.223 e. The Morgan fingerprint density at radius 2 is 2.10 bits per heavy atom. The molecule has 1 aromatic carbocycles. The molecule has 0 bridgehead atoms. The molecule has 0 saturated carbocycles. The van der Waals surface area contributed by atoms with Crippen molar-refractivity contribution in [2.75, 3.05) is 26.2 Å². The fourth-order valence-corrected chi connectivity index (χ4v) is 2.87. The van der Waals surface area contributed by atoms with Crippen molar-refractivity contribution in [3.05, 3.63) is 34.9 Å². The molecule has 0 aliphatic carbocycles. The fraction of sp³-hybridized carbons (Fsp3) is 0.588. The first-order chi connectivity index (χ1) is 10.1. The molecule has 1 fully saturated rings. The van der Waals surface area contributed by atoms with Crippen LogP contribution in [0.25, 0.3) is 0 Å². The van der Waals surface area contributed by atoms with Crippen molar-refractivity contribution in [1.82, 2.24) is 10.2 Å². The number of piperidine rings is 1. The minimum absolute atomic E-state index is 0.289. The Morgan fingerprint density at radius 3 is 2.81 bits per heavy atom. The minimum Gasteiger partial charge on any atom is -0.343 e. The summed E-state index contributed by atoms with van der Waals surface area (Å²) in [5.74, 6) is 1.06. The molecule has 0 unspecified atom stereocenters. The zero-order chi connectivity index (χ0) is 15.1. The summed E-state index contributed by atoms with van der Waals surface area (Å²) in [6.07, 6.45) is 3.84. The number of amides is 1. The molecule has 1 aliphatic rings. The van der Waals surface area contributed by atoms with Crippen molar-refractivity contribution >= 4 is 17.5 Å². The van der Waals surface area contributed by atoms with Crippen LogP contribution >= 0.6 is 11.6 Å². The van der Waals surface area contributed by atoms with Gasteiger partial charge >= 0.3 is 0 Å². The Balaban J connectivity index is 1.58. The molecular weight excluding hydrogens is 284 g/mol. The first-order valence-electron chi connectivity index (χ1n) is 7.88. The molecule has 1 aliphatic heterocycles. The van der Waals surface area contributed by atoms with Gasteiger partial charge < -0.3 is 10.2 Å². The number of hydrogen-bond acceptors (Lipinski definition) is 2. The zero-order valence-electron chi connectivity index (χ0n) is 12.8. The second-order valence-electron chi connectivity index (χ2n) is 5.94. The maximum Gasteiger partial charge on any atom is 0.223 e. The molecule has 1 amide bonds. The molecule has 2 rings (SSSR count). The van der Waals surface area contributed by atoms with Crippen molar-refractivity contribution in [3.8, 4) is 0 Å². The quantitative estimate of drug-likeness (QED) is 0.819. The molecule has 0 spiro atoms. The number of likely N-dealkylation sites (tertiary alicyclic amines) is 1. The van der Waals surface area contributed by atoms with Gasteiger partial charge in [-0.15, -0.1) is 0 Å². The SMILES string of the molecule is CC1CCN(C(=O)CCNCCc2cccc(Cl)c2)CC1. The van der Waals surface area contributed by atoms with Crippen LogP contribution in [0.5, 0.6) is 0 Å². The Labute approximate surface area is 132 Å². The standard InChI is InChI=1S/C17H25ClN2O/c1-14-7-11-20(12-8-14)17(21)6-10-19-9-5-15-3-2-4-16(18)13-15/h2-4,13-14,19H,5-12H2,1H3. The lowest BCUT2D eigenvalue weighted by atomic mass is 9.99.